The molecule has 1 fully saturated rings. The first kappa shape index (κ1) is 59.5. The third-order valence-electron chi connectivity index (χ3n) is 10.1. The zero-order valence-electron chi connectivity index (χ0n) is 39.0. The average Bonchev–Trinajstić information content (AvgIpc) is 3.29. The zero-order valence-corrected chi connectivity index (χ0v) is 39.9. The normalized spacial score (nSPS) is 22.4. The molecular formula is C51H81O13P. The summed E-state index contributed by atoms with van der Waals surface area (Å²) in [4.78, 5) is 35.7. The van der Waals surface area contributed by atoms with E-state index in [1.807, 2.05) is 18.2 Å². The van der Waals surface area contributed by atoms with E-state index >= 15 is 0 Å². The average molecular weight is 933 g/mol. The molecule has 8 atom stereocenters. The summed E-state index contributed by atoms with van der Waals surface area (Å²) in [6.07, 6.45) is 41.5. The lowest BCUT2D eigenvalue weighted by molar-refractivity contribution is -0.220. The Kier molecular flexibility index (Phi) is 36.3. The monoisotopic (exact) mass is 933 g/mol. The maximum atomic E-state index is 12.8. The van der Waals surface area contributed by atoms with Crippen LogP contribution in [0, 0.1) is 0 Å². The fourth-order valence-electron chi connectivity index (χ4n) is 6.32. The Labute approximate surface area is 389 Å². The Morgan fingerprint density at radius 3 is 1.38 bits per heavy atom. The highest BCUT2D eigenvalue weighted by Gasteiger charge is 2.51. The highest BCUT2D eigenvalue weighted by atomic mass is 31.2. The predicted octanol–water partition coefficient (Wildman–Crippen LogP) is 9.61. The second-order valence-electron chi connectivity index (χ2n) is 15.9. The van der Waals surface area contributed by atoms with Gasteiger partial charge in [-0.1, -0.05) is 149 Å². The molecule has 0 saturated heterocycles. The van der Waals surface area contributed by atoms with Crippen LogP contribution in [0.2, 0.25) is 0 Å². The van der Waals surface area contributed by atoms with E-state index in [1.54, 1.807) is 0 Å². The summed E-state index contributed by atoms with van der Waals surface area (Å²) in [7, 11) is -5.15. The number of carbonyl (C=O) groups is 2. The van der Waals surface area contributed by atoms with Crippen LogP contribution >= 0.6 is 7.82 Å². The van der Waals surface area contributed by atoms with Crippen LogP contribution in [0.4, 0.5) is 0 Å². The van der Waals surface area contributed by atoms with Crippen molar-refractivity contribution in [3.8, 4) is 0 Å². The predicted molar refractivity (Wildman–Crippen MR) is 257 cm³/mol. The molecule has 0 aromatic carbocycles. The lowest BCUT2D eigenvalue weighted by atomic mass is 9.85. The molecule has 368 valence electrons. The molecule has 0 aliphatic heterocycles. The van der Waals surface area contributed by atoms with Crippen LogP contribution in [0.15, 0.2) is 109 Å². The molecule has 1 saturated carbocycles. The first-order valence-electron chi connectivity index (χ1n) is 23.7. The number of allylic oxidation sites excluding steroid dienone is 18. The summed E-state index contributed by atoms with van der Waals surface area (Å²) in [5, 5.41) is 50.2. The minimum atomic E-state index is -5.15. The number of aliphatic hydroxyl groups excluding tert-OH is 5. The van der Waals surface area contributed by atoms with Gasteiger partial charge in [0.1, 0.15) is 43.2 Å². The quantitative estimate of drug-likeness (QED) is 0.0149. The molecule has 1 rings (SSSR count). The number of phosphoric acid groups is 1. The summed E-state index contributed by atoms with van der Waals surface area (Å²) < 4.78 is 33.4. The summed E-state index contributed by atoms with van der Waals surface area (Å²) >= 11 is 0. The van der Waals surface area contributed by atoms with E-state index in [4.69, 9.17) is 18.5 Å². The summed E-state index contributed by atoms with van der Waals surface area (Å²) in [6, 6.07) is 0. The molecule has 1 aliphatic rings. The number of phosphoric ester groups is 1. The molecule has 0 aromatic rings. The van der Waals surface area contributed by atoms with E-state index in [1.165, 1.54) is 19.3 Å². The van der Waals surface area contributed by atoms with Gasteiger partial charge in [0.25, 0.3) is 0 Å². The van der Waals surface area contributed by atoms with Crippen molar-refractivity contribution < 1.29 is 63.1 Å². The molecule has 6 unspecified atom stereocenters. The van der Waals surface area contributed by atoms with Crippen molar-refractivity contribution in [2.24, 2.45) is 0 Å². The minimum absolute atomic E-state index is 0.0405. The lowest BCUT2D eigenvalue weighted by Gasteiger charge is -2.41. The second kappa shape index (κ2) is 39.7. The number of hydrogen-bond donors (Lipinski definition) is 6. The fourth-order valence-corrected chi connectivity index (χ4v) is 7.29. The van der Waals surface area contributed by atoms with Gasteiger partial charge >= 0.3 is 19.8 Å². The zero-order chi connectivity index (χ0) is 47.8. The number of aliphatic hydroxyl groups is 5. The SMILES string of the molecule is CC/C=C\C/C=C\C/C=C\C/C=C\C/C=C\C/C=C\CCC(=O)O[C@H](COC(=O)CCCCCC/C=C\C/C=C\C/C=C\CCCCC)COP(=O)(O)OC1C(O)C(O)C(O)[C@@H](O)C1O. The maximum absolute atomic E-state index is 12.8. The van der Waals surface area contributed by atoms with Gasteiger partial charge in [-0.2, -0.15) is 0 Å². The Morgan fingerprint density at radius 2 is 0.908 bits per heavy atom. The van der Waals surface area contributed by atoms with Crippen LogP contribution in [0.1, 0.15) is 142 Å². The number of carbonyl (C=O) groups excluding carboxylic acids is 2. The van der Waals surface area contributed by atoms with Gasteiger partial charge in [0.15, 0.2) is 6.10 Å². The van der Waals surface area contributed by atoms with Gasteiger partial charge in [0.05, 0.1) is 6.61 Å². The summed E-state index contributed by atoms with van der Waals surface area (Å²) in [6.45, 7) is 3.06. The smallest absolute Gasteiger partial charge is 0.462 e. The van der Waals surface area contributed by atoms with E-state index in [2.05, 4.69) is 105 Å². The topological polar surface area (TPSA) is 210 Å². The van der Waals surface area contributed by atoms with Crippen molar-refractivity contribution in [2.45, 2.75) is 185 Å². The van der Waals surface area contributed by atoms with Crippen molar-refractivity contribution in [3.63, 3.8) is 0 Å². The first-order chi connectivity index (χ1) is 31.4. The lowest BCUT2D eigenvalue weighted by Crippen LogP contribution is -2.64. The van der Waals surface area contributed by atoms with Crippen LogP contribution < -0.4 is 0 Å². The Hall–Kier alpha value is -3.49. The van der Waals surface area contributed by atoms with Crippen LogP contribution in [0.25, 0.3) is 0 Å². The standard InChI is InChI=1S/C51H81O13P/c1-3-5-7-9-11-13-15-17-19-21-22-24-26-28-30-32-34-36-38-40-45(53)63-43(42-62-65(59,60)64-51-49(57)47(55)46(54)48(56)50(51)58)41-61-44(52)39-37-35-33-31-29-27-25-23-20-18-16-14-12-10-8-6-4-2/h5,7,11-14,17-20,22,24-25,27-28,30,34,36,43,46-51,54-58H,3-4,6,8-10,15-16,21,23,26,29,31-33,35,37-42H2,1-2H3,(H,59,60)/b7-5-,13-11-,14-12-,19-17-,20-18-,24-22-,27-25-,30-28-,36-34-/t43-,46?,47-,48?,49?,50?,51?/m1/s1. The van der Waals surface area contributed by atoms with Crippen LogP contribution in [-0.2, 0) is 32.7 Å². The highest BCUT2D eigenvalue weighted by Crippen LogP contribution is 2.47. The fraction of sp³-hybridized carbons (Fsp3) is 0.608. The van der Waals surface area contributed by atoms with Crippen molar-refractivity contribution in [1.82, 2.24) is 0 Å². The van der Waals surface area contributed by atoms with Gasteiger partial charge in [-0.15, -0.1) is 0 Å². The highest BCUT2D eigenvalue weighted by molar-refractivity contribution is 7.47. The molecule has 6 N–H and O–H groups in total. The van der Waals surface area contributed by atoms with Gasteiger partial charge in [-0.3, -0.25) is 18.6 Å². The van der Waals surface area contributed by atoms with E-state index < -0.39 is 75.7 Å². The van der Waals surface area contributed by atoms with E-state index in [0.29, 0.717) is 19.3 Å². The Balaban J connectivity index is 2.54. The number of unbranched alkanes of at least 4 members (excludes halogenated alkanes) is 7. The van der Waals surface area contributed by atoms with Gasteiger partial charge in [0, 0.05) is 12.8 Å². The molecule has 14 heteroatoms. The van der Waals surface area contributed by atoms with Gasteiger partial charge in [0.2, 0.25) is 0 Å². The third-order valence-corrected chi connectivity index (χ3v) is 11.1. The number of esters is 2. The number of rotatable bonds is 37. The molecule has 0 aromatic heterocycles. The third kappa shape index (κ3) is 32.0. The molecular weight excluding hydrogens is 852 g/mol. The van der Waals surface area contributed by atoms with Crippen LogP contribution in [-0.4, -0.2) is 98.3 Å². The van der Waals surface area contributed by atoms with E-state index in [-0.39, 0.29) is 12.8 Å². The van der Waals surface area contributed by atoms with Crippen LogP contribution in [0.3, 0.4) is 0 Å². The molecule has 0 radical (unpaired) electrons. The van der Waals surface area contributed by atoms with Gasteiger partial charge in [-0.25, -0.2) is 4.57 Å². The van der Waals surface area contributed by atoms with E-state index in [9.17, 15) is 44.6 Å². The first-order valence-corrected chi connectivity index (χ1v) is 25.2. The molecule has 13 nitrogen and oxygen atoms in total. The molecule has 0 heterocycles. The largest absolute Gasteiger partial charge is 0.472 e. The van der Waals surface area contributed by atoms with Gasteiger partial charge in [-0.05, 0) is 89.9 Å². The van der Waals surface area contributed by atoms with Gasteiger partial charge < -0.3 is 39.9 Å². The molecule has 1 aliphatic carbocycles. The van der Waals surface area contributed by atoms with Crippen LogP contribution in [0.5, 0.6) is 0 Å². The molecule has 0 bridgehead atoms. The second-order valence-corrected chi connectivity index (χ2v) is 17.3. The van der Waals surface area contributed by atoms with E-state index in [0.717, 1.165) is 77.0 Å². The van der Waals surface area contributed by atoms with Crippen molar-refractivity contribution in [1.29, 1.82) is 0 Å². The molecule has 0 amide bonds. The van der Waals surface area contributed by atoms with Crippen molar-refractivity contribution in [2.75, 3.05) is 13.2 Å². The molecule has 65 heavy (non-hydrogen) atoms. The Morgan fingerprint density at radius 1 is 0.492 bits per heavy atom. The Bertz CT molecular complexity index is 1550. The number of hydrogen-bond acceptors (Lipinski definition) is 12. The molecule has 0 spiro atoms. The summed E-state index contributed by atoms with van der Waals surface area (Å²) in [5.41, 5.74) is 0. The van der Waals surface area contributed by atoms with Crippen molar-refractivity contribution in [3.05, 3.63) is 109 Å². The number of ether oxygens (including phenoxy) is 2. The summed E-state index contributed by atoms with van der Waals surface area (Å²) in [5.74, 6) is -1.23. The maximum Gasteiger partial charge on any atom is 0.472 e. The minimum Gasteiger partial charge on any atom is -0.462 e. The van der Waals surface area contributed by atoms with Crippen molar-refractivity contribution >= 4 is 19.8 Å².